The number of thioether (sulfide) groups is 1. The average molecular weight is 346 g/mol. The summed E-state index contributed by atoms with van der Waals surface area (Å²) in [6.07, 6.45) is 3.91. The van der Waals surface area contributed by atoms with Crippen LogP contribution in [0.1, 0.15) is 19.3 Å². The number of nitrogens with zero attached hydrogens (tertiary/aromatic N) is 1. The van der Waals surface area contributed by atoms with Crippen LogP contribution >= 0.6 is 39.3 Å². The van der Waals surface area contributed by atoms with Crippen molar-refractivity contribution in [1.29, 1.82) is 0 Å². The molecule has 1 heterocycles. The molecule has 1 aromatic rings. The lowest BCUT2D eigenvalue weighted by molar-refractivity contribution is 0.535. The predicted octanol–water partition coefficient (Wildman–Crippen LogP) is 4.79. The van der Waals surface area contributed by atoms with E-state index < -0.39 is 0 Å². The molecule has 2 unspecified atom stereocenters. The van der Waals surface area contributed by atoms with Crippen molar-refractivity contribution in [2.24, 2.45) is 10.9 Å². The number of fused-ring (bicyclic) bond motifs is 1. The zero-order valence-electron chi connectivity index (χ0n) is 9.83. The van der Waals surface area contributed by atoms with E-state index in [0.717, 1.165) is 26.3 Å². The van der Waals surface area contributed by atoms with Crippen molar-refractivity contribution in [3.8, 4) is 0 Å². The van der Waals surface area contributed by atoms with E-state index in [1.807, 2.05) is 30.0 Å². The number of hydrogen-bond acceptors (Lipinski definition) is 3. The molecule has 0 radical (unpaired) electrons. The lowest BCUT2D eigenvalue weighted by atomic mass is 10.1. The Morgan fingerprint density at radius 2 is 2.28 bits per heavy atom. The van der Waals surface area contributed by atoms with Crippen molar-refractivity contribution in [3.05, 3.63) is 27.7 Å². The zero-order valence-corrected chi connectivity index (χ0v) is 13.0. The number of amidine groups is 1. The van der Waals surface area contributed by atoms with Crippen molar-refractivity contribution in [2.45, 2.75) is 25.3 Å². The standard InChI is InChI=1S/C13H14BrClN2S/c14-12-9(15)4-2-6-11(12)17-13-16-10-5-1-3-8(10)7-18-13/h2,4,6,8,10H,1,3,5,7H2,(H,16,17). The molecule has 0 bridgehead atoms. The van der Waals surface area contributed by atoms with Gasteiger partial charge in [-0.15, -0.1) is 0 Å². The maximum absolute atomic E-state index is 6.09. The van der Waals surface area contributed by atoms with Gasteiger partial charge in [0, 0.05) is 5.75 Å². The van der Waals surface area contributed by atoms with Crippen LogP contribution in [0.5, 0.6) is 0 Å². The second kappa shape index (κ2) is 5.43. The lowest BCUT2D eigenvalue weighted by Crippen LogP contribution is -2.25. The molecule has 1 fully saturated rings. The second-order valence-electron chi connectivity index (χ2n) is 4.73. The highest BCUT2D eigenvalue weighted by molar-refractivity contribution is 9.10. The summed E-state index contributed by atoms with van der Waals surface area (Å²) < 4.78 is 0.906. The molecule has 1 aromatic carbocycles. The Morgan fingerprint density at radius 3 is 3.17 bits per heavy atom. The van der Waals surface area contributed by atoms with Gasteiger partial charge in [-0.2, -0.15) is 0 Å². The summed E-state index contributed by atoms with van der Waals surface area (Å²) >= 11 is 11.4. The molecule has 0 aromatic heterocycles. The first-order valence-corrected chi connectivity index (χ1v) is 8.31. The van der Waals surface area contributed by atoms with Gasteiger partial charge in [0.05, 0.1) is 21.2 Å². The summed E-state index contributed by atoms with van der Waals surface area (Å²) in [5.74, 6) is 1.98. The normalized spacial score (nSPS) is 26.7. The first-order valence-electron chi connectivity index (χ1n) is 6.15. The van der Waals surface area contributed by atoms with Gasteiger partial charge in [0.15, 0.2) is 5.17 Å². The Morgan fingerprint density at radius 1 is 1.39 bits per heavy atom. The molecule has 18 heavy (non-hydrogen) atoms. The zero-order chi connectivity index (χ0) is 12.5. The Labute approximate surface area is 125 Å². The highest BCUT2D eigenvalue weighted by atomic mass is 79.9. The van der Waals surface area contributed by atoms with Crippen LogP contribution in [0.15, 0.2) is 27.7 Å². The Balaban J connectivity index is 1.78. The van der Waals surface area contributed by atoms with E-state index in [4.69, 9.17) is 16.6 Å². The molecule has 2 nitrogen and oxygen atoms in total. The van der Waals surface area contributed by atoms with Crippen LogP contribution in [-0.2, 0) is 0 Å². The van der Waals surface area contributed by atoms with E-state index in [-0.39, 0.29) is 0 Å². The Bertz CT molecular complexity index is 492. The number of rotatable bonds is 1. The summed E-state index contributed by atoms with van der Waals surface area (Å²) in [6, 6.07) is 6.37. The van der Waals surface area contributed by atoms with Crippen LogP contribution in [0.25, 0.3) is 0 Å². The smallest absolute Gasteiger partial charge is 0.161 e. The molecule has 1 N–H and O–H groups in total. The lowest BCUT2D eigenvalue weighted by Gasteiger charge is -2.23. The van der Waals surface area contributed by atoms with Crippen LogP contribution in [0, 0.1) is 5.92 Å². The van der Waals surface area contributed by atoms with Crippen molar-refractivity contribution >= 4 is 50.1 Å². The van der Waals surface area contributed by atoms with E-state index in [2.05, 4.69) is 21.2 Å². The van der Waals surface area contributed by atoms with Crippen LogP contribution in [0.4, 0.5) is 5.69 Å². The van der Waals surface area contributed by atoms with Gasteiger partial charge in [-0.25, -0.2) is 0 Å². The molecule has 1 aliphatic carbocycles. The number of benzene rings is 1. The first-order chi connectivity index (χ1) is 8.74. The topological polar surface area (TPSA) is 24.4 Å². The molecular formula is C13H14BrClN2S. The summed E-state index contributed by atoms with van der Waals surface area (Å²) in [4.78, 5) is 4.81. The van der Waals surface area contributed by atoms with E-state index >= 15 is 0 Å². The third-order valence-corrected chi connectivity index (χ3v) is 6.00. The van der Waals surface area contributed by atoms with Gasteiger partial charge in [-0.1, -0.05) is 35.9 Å². The summed E-state index contributed by atoms with van der Waals surface area (Å²) in [6.45, 7) is 0. The fraction of sp³-hybridized carbons (Fsp3) is 0.462. The van der Waals surface area contributed by atoms with Crippen molar-refractivity contribution < 1.29 is 0 Å². The number of hydrogen-bond donors (Lipinski definition) is 1. The molecule has 1 aliphatic heterocycles. The predicted molar refractivity (Wildman–Crippen MR) is 83.8 cm³/mol. The number of anilines is 1. The van der Waals surface area contributed by atoms with Gasteiger partial charge < -0.3 is 5.32 Å². The molecule has 2 atom stereocenters. The van der Waals surface area contributed by atoms with Crippen molar-refractivity contribution in [2.75, 3.05) is 11.1 Å². The molecule has 5 heteroatoms. The summed E-state index contributed by atoms with van der Waals surface area (Å²) in [5.41, 5.74) is 0.991. The van der Waals surface area contributed by atoms with Crippen molar-refractivity contribution in [3.63, 3.8) is 0 Å². The summed E-state index contributed by atoms with van der Waals surface area (Å²) in [5, 5.41) is 5.14. The Hall–Kier alpha value is -0.190. The van der Waals surface area contributed by atoms with Crippen LogP contribution < -0.4 is 5.32 Å². The quantitative estimate of drug-likeness (QED) is 0.791. The summed E-state index contributed by atoms with van der Waals surface area (Å²) in [7, 11) is 0. The van der Waals surface area contributed by atoms with E-state index in [1.165, 1.54) is 25.0 Å². The number of nitrogens with one attached hydrogen (secondary N) is 1. The van der Waals surface area contributed by atoms with Crippen molar-refractivity contribution in [1.82, 2.24) is 0 Å². The van der Waals surface area contributed by atoms with E-state index in [1.54, 1.807) is 0 Å². The molecule has 0 spiro atoms. The van der Waals surface area contributed by atoms with Gasteiger partial charge >= 0.3 is 0 Å². The van der Waals surface area contributed by atoms with Crippen LogP contribution in [-0.4, -0.2) is 17.0 Å². The van der Waals surface area contributed by atoms with Crippen LogP contribution in [0.3, 0.4) is 0 Å². The highest BCUT2D eigenvalue weighted by Gasteiger charge is 2.31. The third-order valence-electron chi connectivity index (χ3n) is 3.53. The SMILES string of the molecule is Clc1cccc(NC2=NC3CCCC3CS2)c1Br. The van der Waals surface area contributed by atoms with E-state index in [9.17, 15) is 0 Å². The maximum Gasteiger partial charge on any atom is 0.161 e. The third kappa shape index (κ3) is 2.56. The molecule has 2 aliphatic rings. The van der Waals surface area contributed by atoms with E-state index in [0.29, 0.717) is 6.04 Å². The molecule has 3 rings (SSSR count). The van der Waals surface area contributed by atoms with Gasteiger partial charge in [0.1, 0.15) is 0 Å². The molecule has 0 amide bonds. The molecule has 96 valence electrons. The molecule has 1 saturated carbocycles. The average Bonchev–Trinajstić information content (AvgIpc) is 2.82. The minimum absolute atomic E-state index is 0.534. The molecule has 0 saturated heterocycles. The van der Waals surface area contributed by atoms with Gasteiger partial charge in [0.2, 0.25) is 0 Å². The van der Waals surface area contributed by atoms with Gasteiger partial charge in [0.25, 0.3) is 0 Å². The number of halogens is 2. The Kier molecular flexibility index (Phi) is 3.87. The monoisotopic (exact) mass is 344 g/mol. The minimum Gasteiger partial charge on any atom is -0.334 e. The van der Waals surface area contributed by atoms with Gasteiger partial charge in [-0.3, -0.25) is 4.99 Å². The minimum atomic E-state index is 0.534. The fourth-order valence-electron chi connectivity index (χ4n) is 2.54. The largest absolute Gasteiger partial charge is 0.334 e. The first kappa shape index (κ1) is 12.8. The molecular weight excluding hydrogens is 332 g/mol. The second-order valence-corrected chi connectivity index (χ2v) is 6.94. The van der Waals surface area contributed by atoms with Gasteiger partial charge in [-0.05, 0) is 46.8 Å². The fourth-order valence-corrected chi connectivity index (χ4v) is 4.23. The maximum atomic E-state index is 6.09. The number of aliphatic imine (C=N–C) groups is 1. The van der Waals surface area contributed by atoms with Crippen LogP contribution in [0.2, 0.25) is 5.02 Å². The highest BCUT2D eigenvalue weighted by Crippen LogP contribution is 2.37.